The summed E-state index contributed by atoms with van der Waals surface area (Å²) in [6, 6.07) is 9.66. The minimum absolute atomic E-state index is 0.0927. The molecular formula is C30H32N6O4. The number of likely N-dealkylation sites (tertiary alicyclic amines) is 2. The molecule has 4 amide bonds. The molecule has 3 saturated heterocycles. The number of pyridine rings is 1. The normalized spacial score (nSPS) is 21.7. The summed E-state index contributed by atoms with van der Waals surface area (Å²) in [6.07, 6.45) is 5.10. The van der Waals surface area contributed by atoms with Crippen molar-refractivity contribution >= 4 is 34.7 Å². The predicted molar refractivity (Wildman–Crippen MR) is 147 cm³/mol. The summed E-state index contributed by atoms with van der Waals surface area (Å²) in [5.74, 6) is -0.783. The Morgan fingerprint density at radius 2 is 1.88 bits per heavy atom. The number of nitrogens with one attached hydrogen (secondary N) is 1. The van der Waals surface area contributed by atoms with Crippen LogP contribution in [0.1, 0.15) is 60.1 Å². The fraction of sp³-hybridized carbons (Fsp3) is 0.433. The second kappa shape index (κ2) is 9.55. The highest BCUT2D eigenvalue weighted by atomic mass is 16.2. The maximum absolute atomic E-state index is 13.2. The van der Waals surface area contributed by atoms with E-state index in [9.17, 15) is 19.2 Å². The SMILES string of the molecule is CC(=O)N1CC(n2ccc3c(CN4CCCC4)cc(-c4ccc5c(c4)CN(C4CCC(=O)NC4=O)C5=O)nc32)C1. The van der Waals surface area contributed by atoms with Crippen molar-refractivity contribution in [2.75, 3.05) is 26.2 Å². The number of carbonyl (C=O) groups excluding carboxylic acids is 4. The molecule has 10 heteroatoms. The standard InChI is InChI=1S/C30H32N6O4/c1-18(37)34-16-22(17-34)35-11-8-23-21(14-33-9-2-3-10-33)13-25(31-28(23)35)19-4-5-24-20(12-19)15-36(30(24)40)26-6-7-27(38)32-29(26)39/h4-5,8,11-13,22,26H,2-3,6-7,9-10,14-17H2,1H3,(H,32,38,39). The number of hydrogen-bond acceptors (Lipinski definition) is 6. The first-order valence-corrected chi connectivity index (χ1v) is 14.1. The average molecular weight is 541 g/mol. The highest BCUT2D eigenvalue weighted by Gasteiger charge is 2.39. The number of aromatic nitrogens is 2. The van der Waals surface area contributed by atoms with Gasteiger partial charge in [0.25, 0.3) is 5.91 Å². The van der Waals surface area contributed by atoms with Crippen LogP contribution in [0.25, 0.3) is 22.3 Å². The van der Waals surface area contributed by atoms with Crippen molar-refractivity contribution in [3.63, 3.8) is 0 Å². The van der Waals surface area contributed by atoms with Gasteiger partial charge in [-0.05, 0) is 67.7 Å². The van der Waals surface area contributed by atoms with Gasteiger partial charge in [-0.25, -0.2) is 4.98 Å². The van der Waals surface area contributed by atoms with E-state index in [1.165, 1.54) is 18.4 Å². The number of rotatable bonds is 5. The van der Waals surface area contributed by atoms with Gasteiger partial charge in [0.15, 0.2) is 0 Å². The van der Waals surface area contributed by atoms with E-state index in [-0.39, 0.29) is 30.2 Å². The van der Waals surface area contributed by atoms with Crippen molar-refractivity contribution in [3.05, 3.63) is 53.2 Å². The summed E-state index contributed by atoms with van der Waals surface area (Å²) >= 11 is 0. The minimum atomic E-state index is -0.636. The Labute approximate surface area is 231 Å². The first kappa shape index (κ1) is 25.0. The largest absolute Gasteiger partial charge is 0.339 e. The van der Waals surface area contributed by atoms with Crippen molar-refractivity contribution in [3.8, 4) is 11.3 Å². The molecule has 3 fully saturated rings. The van der Waals surface area contributed by atoms with Crippen LogP contribution < -0.4 is 5.32 Å². The topological polar surface area (TPSA) is 108 Å². The minimum Gasteiger partial charge on any atom is -0.339 e. The van der Waals surface area contributed by atoms with Crippen LogP contribution in [-0.4, -0.2) is 80.1 Å². The monoisotopic (exact) mass is 540 g/mol. The molecule has 1 unspecified atom stereocenters. The molecule has 4 aliphatic rings. The van der Waals surface area contributed by atoms with E-state index in [4.69, 9.17) is 4.98 Å². The first-order chi connectivity index (χ1) is 19.4. The van der Waals surface area contributed by atoms with E-state index >= 15 is 0 Å². The van der Waals surface area contributed by atoms with E-state index in [2.05, 4.69) is 33.1 Å². The number of nitrogens with zero attached hydrogens (tertiary/aromatic N) is 5. The third kappa shape index (κ3) is 4.18. The summed E-state index contributed by atoms with van der Waals surface area (Å²) in [6.45, 7) is 6.34. The van der Waals surface area contributed by atoms with Crippen molar-refractivity contribution in [2.45, 2.75) is 57.8 Å². The second-order valence-corrected chi connectivity index (χ2v) is 11.5. The molecule has 0 spiro atoms. The number of imide groups is 1. The van der Waals surface area contributed by atoms with Crippen molar-refractivity contribution in [1.29, 1.82) is 0 Å². The summed E-state index contributed by atoms with van der Waals surface area (Å²) in [5.41, 5.74) is 5.37. The third-order valence-corrected chi connectivity index (χ3v) is 8.88. The molecule has 40 heavy (non-hydrogen) atoms. The maximum atomic E-state index is 13.2. The van der Waals surface area contributed by atoms with E-state index in [0.29, 0.717) is 31.6 Å². The molecule has 1 atom stereocenters. The van der Waals surface area contributed by atoms with Crippen LogP contribution >= 0.6 is 0 Å². The molecule has 0 aliphatic carbocycles. The summed E-state index contributed by atoms with van der Waals surface area (Å²) in [4.78, 5) is 60.1. The van der Waals surface area contributed by atoms with E-state index in [1.54, 1.807) is 11.8 Å². The quantitative estimate of drug-likeness (QED) is 0.499. The fourth-order valence-corrected chi connectivity index (χ4v) is 6.57. The molecule has 206 valence electrons. The summed E-state index contributed by atoms with van der Waals surface area (Å²) in [7, 11) is 0. The molecule has 1 aromatic carbocycles. The van der Waals surface area contributed by atoms with Crippen LogP contribution in [0, 0.1) is 0 Å². The highest BCUT2D eigenvalue weighted by Crippen LogP contribution is 2.34. The fourth-order valence-electron chi connectivity index (χ4n) is 6.57. The van der Waals surface area contributed by atoms with Gasteiger partial charge >= 0.3 is 0 Å². The Kier molecular flexibility index (Phi) is 5.96. The Morgan fingerprint density at radius 1 is 1.07 bits per heavy atom. The second-order valence-electron chi connectivity index (χ2n) is 11.5. The molecule has 6 heterocycles. The lowest BCUT2D eigenvalue weighted by atomic mass is 10.0. The average Bonchev–Trinajstić information content (AvgIpc) is 3.63. The smallest absolute Gasteiger partial charge is 0.255 e. The van der Waals surface area contributed by atoms with Crippen LogP contribution in [0.15, 0.2) is 36.5 Å². The van der Waals surface area contributed by atoms with Gasteiger partial charge < -0.3 is 14.4 Å². The molecule has 4 aliphatic heterocycles. The van der Waals surface area contributed by atoms with Gasteiger partial charge in [0.1, 0.15) is 11.7 Å². The predicted octanol–water partition coefficient (Wildman–Crippen LogP) is 2.46. The first-order valence-electron chi connectivity index (χ1n) is 14.1. The van der Waals surface area contributed by atoms with E-state index in [0.717, 1.165) is 47.5 Å². The number of fused-ring (bicyclic) bond motifs is 2. The van der Waals surface area contributed by atoms with E-state index < -0.39 is 11.9 Å². The zero-order valence-electron chi connectivity index (χ0n) is 22.6. The van der Waals surface area contributed by atoms with Crippen LogP contribution in [0.3, 0.4) is 0 Å². The Morgan fingerprint density at radius 3 is 2.62 bits per heavy atom. The molecule has 0 bridgehead atoms. The Balaban J connectivity index is 1.23. The molecule has 10 nitrogen and oxygen atoms in total. The van der Waals surface area contributed by atoms with Crippen LogP contribution in [0.2, 0.25) is 0 Å². The zero-order chi connectivity index (χ0) is 27.5. The molecule has 3 aromatic rings. The van der Waals surface area contributed by atoms with Gasteiger partial charge in [0.05, 0.1) is 11.7 Å². The van der Waals surface area contributed by atoms with Gasteiger partial charge in [-0.2, -0.15) is 0 Å². The third-order valence-electron chi connectivity index (χ3n) is 8.88. The van der Waals surface area contributed by atoms with Gasteiger partial charge in [0, 0.05) is 62.2 Å². The number of benzene rings is 1. The Hall–Kier alpha value is -4.05. The lowest BCUT2D eigenvalue weighted by Gasteiger charge is -2.39. The molecular weight excluding hydrogens is 508 g/mol. The van der Waals surface area contributed by atoms with Gasteiger partial charge in [-0.15, -0.1) is 0 Å². The lowest BCUT2D eigenvalue weighted by molar-refractivity contribution is -0.137. The van der Waals surface area contributed by atoms with Crippen LogP contribution in [-0.2, 0) is 27.5 Å². The van der Waals surface area contributed by atoms with Gasteiger partial charge in [0.2, 0.25) is 17.7 Å². The van der Waals surface area contributed by atoms with Crippen molar-refractivity contribution in [2.24, 2.45) is 0 Å². The molecule has 7 rings (SSSR count). The zero-order valence-corrected chi connectivity index (χ0v) is 22.6. The number of carbonyl (C=O) groups is 4. The Bertz CT molecular complexity index is 1570. The maximum Gasteiger partial charge on any atom is 0.255 e. The van der Waals surface area contributed by atoms with Gasteiger partial charge in [-0.3, -0.25) is 29.4 Å². The van der Waals surface area contributed by atoms with Crippen LogP contribution in [0.4, 0.5) is 0 Å². The molecule has 0 saturated carbocycles. The summed E-state index contributed by atoms with van der Waals surface area (Å²) in [5, 5.41) is 3.50. The molecule has 1 N–H and O–H groups in total. The van der Waals surface area contributed by atoms with E-state index in [1.807, 2.05) is 23.1 Å². The van der Waals surface area contributed by atoms with Crippen LogP contribution in [0.5, 0.6) is 0 Å². The van der Waals surface area contributed by atoms with Crippen molar-refractivity contribution in [1.82, 2.24) is 29.6 Å². The highest BCUT2D eigenvalue weighted by molar-refractivity contribution is 6.05. The lowest BCUT2D eigenvalue weighted by Crippen LogP contribution is -2.52. The van der Waals surface area contributed by atoms with Crippen molar-refractivity contribution < 1.29 is 19.2 Å². The number of piperidine rings is 1. The van der Waals surface area contributed by atoms with Gasteiger partial charge in [-0.1, -0.05) is 6.07 Å². The molecule has 2 aromatic heterocycles. The number of amides is 4. The molecule has 0 radical (unpaired) electrons. The summed E-state index contributed by atoms with van der Waals surface area (Å²) < 4.78 is 2.20. The number of hydrogen-bond donors (Lipinski definition) is 1.